The Morgan fingerprint density at radius 3 is 2.76 bits per heavy atom. The minimum absolute atomic E-state index is 0.446. The van der Waals surface area contributed by atoms with Crippen LogP contribution in [0.2, 0.25) is 0 Å². The number of nitrogens with zero attached hydrogens (tertiary/aromatic N) is 1. The third-order valence-corrected chi connectivity index (χ3v) is 4.35. The number of hydrogen-bond donors (Lipinski definition) is 1. The first-order valence-electron chi connectivity index (χ1n) is 5.20. The van der Waals surface area contributed by atoms with Crippen molar-refractivity contribution in [2.75, 3.05) is 11.5 Å². The van der Waals surface area contributed by atoms with Crippen molar-refractivity contribution in [3.05, 3.63) is 22.7 Å². The predicted molar refractivity (Wildman–Crippen MR) is 73.8 cm³/mol. The van der Waals surface area contributed by atoms with E-state index in [-0.39, 0.29) is 0 Å². The minimum Gasteiger partial charge on any atom is -0.398 e. The highest BCUT2D eigenvalue weighted by Gasteiger charge is 2.19. The first-order chi connectivity index (χ1) is 7.85. The molecule has 0 aliphatic carbocycles. The van der Waals surface area contributed by atoms with Gasteiger partial charge in [0.15, 0.2) is 0 Å². The molecule has 1 atom stereocenters. The van der Waals surface area contributed by atoms with Gasteiger partial charge in [-0.3, -0.25) is 4.21 Å². The molecule has 1 rings (SSSR count). The topological polar surface area (TPSA) is 66.9 Å². The van der Waals surface area contributed by atoms with Gasteiger partial charge in [-0.1, -0.05) is 15.9 Å². The summed E-state index contributed by atoms with van der Waals surface area (Å²) in [6.45, 7) is 3.68. The summed E-state index contributed by atoms with van der Waals surface area (Å²) in [6, 6.07) is 7.51. The molecule has 0 saturated heterocycles. The fraction of sp³-hybridized carbons (Fsp3) is 0.417. The van der Waals surface area contributed by atoms with Crippen molar-refractivity contribution in [3.8, 4) is 6.07 Å². The Hall–Kier alpha value is -0.860. The Labute approximate surface area is 113 Å². The number of benzene rings is 1. The van der Waals surface area contributed by atoms with Crippen molar-refractivity contribution in [2.45, 2.75) is 25.2 Å². The lowest BCUT2D eigenvalue weighted by Gasteiger charge is -2.14. The van der Waals surface area contributed by atoms with Gasteiger partial charge in [-0.2, -0.15) is 5.26 Å². The molecular formula is C12H15BrN2OS. The van der Waals surface area contributed by atoms with E-state index in [0.717, 1.165) is 4.47 Å². The van der Waals surface area contributed by atoms with E-state index >= 15 is 0 Å². The first-order valence-corrected chi connectivity index (χ1v) is 7.31. The standard InChI is InChI=1S/C12H15BrN2OS/c1-12(2,8-14)5-6-17(16)11-7-9(13)3-4-10(11)15/h3-4,7H,5-6,15H2,1-2H3. The lowest BCUT2D eigenvalue weighted by atomic mass is 9.93. The third-order valence-electron chi connectivity index (χ3n) is 2.44. The molecule has 3 nitrogen and oxygen atoms in total. The van der Waals surface area contributed by atoms with Crippen LogP contribution >= 0.6 is 15.9 Å². The summed E-state index contributed by atoms with van der Waals surface area (Å²) in [5.74, 6) is 0.446. The van der Waals surface area contributed by atoms with E-state index in [1.807, 2.05) is 19.9 Å². The number of nitrogen functional groups attached to an aromatic ring is 1. The lowest BCUT2D eigenvalue weighted by Crippen LogP contribution is -2.13. The number of halogens is 1. The molecule has 0 bridgehead atoms. The molecule has 0 aromatic heterocycles. The van der Waals surface area contributed by atoms with Gasteiger partial charge in [-0.15, -0.1) is 0 Å². The smallest absolute Gasteiger partial charge is 0.0684 e. The molecule has 0 radical (unpaired) electrons. The van der Waals surface area contributed by atoms with Crippen LogP contribution in [0.3, 0.4) is 0 Å². The summed E-state index contributed by atoms with van der Waals surface area (Å²) >= 11 is 3.33. The van der Waals surface area contributed by atoms with Crippen LogP contribution in [-0.4, -0.2) is 9.96 Å². The fourth-order valence-corrected chi connectivity index (χ4v) is 3.24. The molecule has 1 aromatic carbocycles. The maximum atomic E-state index is 12.1. The Morgan fingerprint density at radius 2 is 2.18 bits per heavy atom. The molecule has 17 heavy (non-hydrogen) atoms. The van der Waals surface area contributed by atoms with Gasteiger partial charge in [-0.05, 0) is 38.5 Å². The zero-order valence-electron chi connectivity index (χ0n) is 9.87. The maximum absolute atomic E-state index is 12.1. The van der Waals surface area contributed by atoms with Crippen molar-refractivity contribution in [2.24, 2.45) is 5.41 Å². The summed E-state index contributed by atoms with van der Waals surface area (Å²) in [6.07, 6.45) is 0.585. The summed E-state index contributed by atoms with van der Waals surface area (Å²) in [5.41, 5.74) is 5.86. The average molecular weight is 315 g/mol. The molecule has 1 unspecified atom stereocenters. The molecule has 5 heteroatoms. The van der Waals surface area contributed by atoms with Crippen LogP contribution in [0, 0.1) is 16.7 Å². The molecule has 0 aliphatic heterocycles. The Bertz CT molecular complexity index is 480. The Balaban J connectivity index is 2.78. The monoisotopic (exact) mass is 314 g/mol. The molecule has 92 valence electrons. The zero-order valence-corrected chi connectivity index (χ0v) is 12.3. The van der Waals surface area contributed by atoms with Crippen molar-refractivity contribution >= 4 is 32.4 Å². The van der Waals surface area contributed by atoms with E-state index in [0.29, 0.717) is 22.8 Å². The van der Waals surface area contributed by atoms with Crippen LogP contribution in [-0.2, 0) is 10.8 Å². The van der Waals surface area contributed by atoms with Gasteiger partial charge < -0.3 is 5.73 Å². The van der Waals surface area contributed by atoms with Crippen molar-refractivity contribution < 1.29 is 4.21 Å². The molecular weight excluding hydrogens is 300 g/mol. The predicted octanol–water partition coefficient (Wildman–Crippen LogP) is 3.08. The molecule has 0 aliphatic rings. The fourth-order valence-electron chi connectivity index (χ4n) is 1.22. The highest BCUT2D eigenvalue weighted by atomic mass is 79.9. The minimum atomic E-state index is -1.16. The van der Waals surface area contributed by atoms with Gasteiger partial charge >= 0.3 is 0 Å². The van der Waals surface area contributed by atoms with Gasteiger partial charge in [0.05, 0.1) is 27.2 Å². The van der Waals surface area contributed by atoms with Crippen molar-refractivity contribution in [1.82, 2.24) is 0 Å². The first kappa shape index (κ1) is 14.2. The van der Waals surface area contributed by atoms with Gasteiger partial charge in [0, 0.05) is 15.9 Å². The summed E-state index contributed by atoms with van der Waals surface area (Å²) in [7, 11) is -1.16. The second-order valence-electron chi connectivity index (χ2n) is 4.48. The van der Waals surface area contributed by atoms with E-state index in [4.69, 9.17) is 11.0 Å². The van der Waals surface area contributed by atoms with E-state index in [2.05, 4.69) is 22.0 Å². The van der Waals surface area contributed by atoms with Gasteiger partial charge in [-0.25, -0.2) is 0 Å². The lowest BCUT2D eigenvalue weighted by molar-refractivity contribution is 0.479. The van der Waals surface area contributed by atoms with Gasteiger partial charge in [0.1, 0.15) is 0 Å². The Morgan fingerprint density at radius 1 is 1.53 bits per heavy atom. The van der Waals surface area contributed by atoms with Crippen LogP contribution in [0.4, 0.5) is 5.69 Å². The van der Waals surface area contributed by atoms with E-state index in [9.17, 15) is 4.21 Å². The van der Waals surface area contributed by atoms with Crippen LogP contribution < -0.4 is 5.73 Å². The normalized spacial score (nSPS) is 13.1. The average Bonchev–Trinajstić information content (AvgIpc) is 2.29. The van der Waals surface area contributed by atoms with Crippen LogP contribution in [0.5, 0.6) is 0 Å². The maximum Gasteiger partial charge on any atom is 0.0684 e. The van der Waals surface area contributed by atoms with Gasteiger partial charge in [0.25, 0.3) is 0 Å². The van der Waals surface area contributed by atoms with Crippen molar-refractivity contribution in [3.63, 3.8) is 0 Å². The highest BCUT2D eigenvalue weighted by molar-refractivity contribution is 9.10. The number of anilines is 1. The number of nitriles is 1. The summed E-state index contributed by atoms with van der Waals surface area (Å²) in [5, 5.41) is 8.90. The number of rotatable bonds is 4. The van der Waals surface area contributed by atoms with Gasteiger partial charge in [0.2, 0.25) is 0 Å². The Kier molecular flexibility index (Phi) is 4.72. The third kappa shape index (κ3) is 4.14. The molecule has 0 fully saturated rings. The summed E-state index contributed by atoms with van der Waals surface area (Å²) < 4.78 is 12.9. The summed E-state index contributed by atoms with van der Waals surface area (Å²) in [4.78, 5) is 0.633. The van der Waals surface area contributed by atoms with E-state index in [1.54, 1.807) is 12.1 Å². The van der Waals surface area contributed by atoms with Crippen LogP contribution in [0.1, 0.15) is 20.3 Å². The quantitative estimate of drug-likeness (QED) is 0.868. The molecule has 2 N–H and O–H groups in total. The molecule has 0 saturated carbocycles. The van der Waals surface area contributed by atoms with Crippen LogP contribution in [0.15, 0.2) is 27.6 Å². The largest absolute Gasteiger partial charge is 0.398 e. The zero-order chi connectivity index (χ0) is 13.1. The van der Waals surface area contributed by atoms with Crippen molar-refractivity contribution in [1.29, 1.82) is 5.26 Å². The van der Waals surface area contributed by atoms with E-state index in [1.165, 1.54) is 0 Å². The molecule has 0 spiro atoms. The number of nitrogens with two attached hydrogens (primary N) is 1. The molecule has 1 aromatic rings. The van der Waals surface area contributed by atoms with Crippen LogP contribution in [0.25, 0.3) is 0 Å². The van der Waals surface area contributed by atoms with E-state index < -0.39 is 16.2 Å². The SMILES string of the molecule is CC(C)(C#N)CCS(=O)c1cc(Br)ccc1N. The molecule has 0 amide bonds. The highest BCUT2D eigenvalue weighted by Crippen LogP contribution is 2.25. The second-order valence-corrected chi connectivity index (χ2v) is 6.93. The second kappa shape index (κ2) is 5.65. The molecule has 0 heterocycles. The number of hydrogen-bond acceptors (Lipinski definition) is 3.